The average Bonchev–Trinajstić information content (AvgIpc) is 2.71. The van der Waals surface area contributed by atoms with Crippen molar-refractivity contribution in [3.8, 4) is 0 Å². The van der Waals surface area contributed by atoms with Crippen molar-refractivity contribution in [1.82, 2.24) is 4.90 Å². The Labute approximate surface area is 131 Å². The molecule has 1 heterocycles. The number of nitrogens with two attached hydrogens (primary N) is 1. The second-order valence-electron chi connectivity index (χ2n) is 5.61. The van der Waals surface area contributed by atoms with Crippen LogP contribution in [-0.2, 0) is 12.8 Å². The standard InChI is InChI=1S/C18H21ClN2/c19-17-7-3-6-16(12-17)18(13-20)21-10-8-14-4-1-2-5-15(14)9-11-21/h1-7,12,18H,8-11,13,20H2. The van der Waals surface area contributed by atoms with Gasteiger partial charge in [-0.2, -0.15) is 0 Å². The third-order valence-corrected chi connectivity index (χ3v) is 4.59. The zero-order chi connectivity index (χ0) is 14.7. The van der Waals surface area contributed by atoms with Crippen molar-refractivity contribution in [3.05, 3.63) is 70.2 Å². The van der Waals surface area contributed by atoms with Crippen LogP contribution in [-0.4, -0.2) is 24.5 Å². The van der Waals surface area contributed by atoms with E-state index in [1.165, 1.54) is 16.7 Å². The molecule has 2 N–H and O–H groups in total. The minimum Gasteiger partial charge on any atom is -0.329 e. The first-order valence-corrected chi connectivity index (χ1v) is 7.92. The highest BCUT2D eigenvalue weighted by Gasteiger charge is 2.22. The highest BCUT2D eigenvalue weighted by atomic mass is 35.5. The number of nitrogens with zero attached hydrogens (tertiary/aromatic N) is 1. The molecule has 0 aromatic heterocycles. The lowest BCUT2D eigenvalue weighted by Crippen LogP contribution is -2.35. The average molecular weight is 301 g/mol. The molecule has 1 aliphatic heterocycles. The molecule has 110 valence electrons. The molecular weight excluding hydrogens is 280 g/mol. The molecule has 21 heavy (non-hydrogen) atoms. The van der Waals surface area contributed by atoms with Gasteiger partial charge in [-0.1, -0.05) is 48.0 Å². The molecule has 0 aliphatic carbocycles. The number of hydrogen-bond donors (Lipinski definition) is 1. The van der Waals surface area contributed by atoms with E-state index in [1.54, 1.807) is 0 Å². The van der Waals surface area contributed by atoms with E-state index in [0.717, 1.165) is 31.0 Å². The van der Waals surface area contributed by atoms with Crippen molar-refractivity contribution < 1.29 is 0 Å². The van der Waals surface area contributed by atoms with Crippen molar-refractivity contribution in [2.75, 3.05) is 19.6 Å². The third kappa shape index (κ3) is 3.29. The highest BCUT2D eigenvalue weighted by Crippen LogP contribution is 2.25. The summed E-state index contributed by atoms with van der Waals surface area (Å²) in [5.41, 5.74) is 10.2. The Morgan fingerprint density at radius 2 is 1.67 bits per heavy atom. The Balaban J connectivity index is 1.80. The molecule has 2 aromatic rings. The van der Waals surface area contributed by atoms with Gasteiger partial charge in [-0.05, 0) is 41.7 Å². The number of fused-ring (bicyclic) bond motifs is 1. The second kappa shape index (κ2) is 6.61. The highest BCUT2D eigenvalue weighted by molar-refractivity contribution is 6.30. The molecule has 2 nitrogen and oxygen atoms in total. The van der Waals surface area contributed by atoms with Gasteiger partial charge in [0, 0.05) is 30.7 Å². The van der Waals surface area contributed by atoms with Crippen molar-refractivity contribution in [2.24, 2.45) is 5.73 Å². The van der Waals surface area contributed by atoms with E-state index in [0.29, 0.717) is 6.54 Å². The molecule has 0 radical (unpaired) electrons. The summed E-state index contributed by atoms with van der Waals surface area (Å²) in [5, 5.41) is 0.782. The van der Waals surface area contributed by atoms with E-state index in [1.807, 2.05) is 18.2 Å². The van der Waals surface area contributed by atoms with Crippen LogP contribution < -0.4 is 5.73 Å². The number of halogens is 1. The van der Waals surface area contributed by atoms with Gasteiger partial charge in [0.1, 0.15) is 0 Å². The fraction of sp³-hybridized carbons (Fsp3) is 0.333. The van der Waals surface area contributed by atoms with Gasteiger partial charge in [0.2, 0.25) is 0 Å². The first-order chi connectivity index (χ1) is 10.3. The monoisotopic (exact) mass is 300 g/mol. The molecular formula is C18H21ClN2. The number of benzene rings is 2. The van der Waals surface area contributed by atoms with Crippen LogP contribution in [0.1, 0.15) is 22.7 Å². The quantitative estimate of drug-likeness (QED) is 0.941. The summed E-state index contributed by atoms with van der Waals surface area (Å²) in [5.74, 6) is 0. The van der Waals surface area contributed by atoms with Gasteiger partial charge in [-0.15, -0.1) is 0 Å². The van der Waals surface area contributed by atoms with Crippen LogP contribution in [0.15, 0.2) is 48.5 Å². The van der Waals surface area contributed by atoms with Crippen molar-refractivity contribution in [3.63, 3.8) is 0 Å². The zero-order valence-corrected chi connectivity index (χ0v) is 12.9. The molecule has 0 spiro atoms. The molecule has 0 amide bonds. The van der Waals surface area contributed by atoms with Crippen LogP contribution in [0.2, 0.25) is 5.02 Å². The Morgan fingerprint density at radius 3 is 2.24 bits per heavy atom. The molecule has 0 saturated carbocycles. The fourth-order valence-electron chi connectivity index (χ4n) is 3.21. The number of hydrogen-bond acceptors (Lipinski definition) is 2. The zero-order valence-electron chi connectivity index (χ0n) is 12.1. The molecule has 0 fully saturated rings. The summed E-state index contributed by atoms with van der Waals surface area (Å²) in [6, 6.07) is 17.1. The maximum Gasteiger partial charge on any atom is 0.0471 e. The molecule has 1 atom stereocenters. The van der Waals surface area contributed by atoms with Crippen LogP contribution in [0.4, 0.5) is 0 Å². The van der Waals surface area contributed by atoms with Crippen molar-refractivity contribution >= 4 is 11.6 Å². The minimum atomic E-state index is 0.248. The maximum atomic E-state index is 6.13. The van der Waals surface area contributed by atoms with Gasteiger partial charge in [-0.3, -0.25) is 4.90 Å². The second-order valence-corrected chi connectivity index (χ2v) is 6.05. The van der Waals surface area contributed by atoms with Crippen LogP contribution in [0, 0.1) is 0 Å². The van der Waals surface area contributed by atoms with Gasteiger partial charge >= 0.3 is 0 Å². The molecule has 1 aliphatic rings. The molecule has 3 rings (SSSR count). The summed E-state index contributed by atoms with van der Waals surface area (Å²) >= 11 is 6.13. The largest absolute Gasteiger partial charge is 0.329 e. The first kappa shape index (κ1) is 14.6. The number of rotatable bonds is 3. The van der Waals surface area contributed by atoms with E-state index < -0.39 is 0 Å². The third-order valence-electron chi connectivity index (χ3n) is 4.35. The predicted octanol–water partition coefficient (Wildman–Crippen LogP) is 3.44. The van der Waals surface area contributed by atoms with E-state index >= 15 is 0 Å². The topological polar surface area (TPSA) is 29.3 Å². The van der Waals surface area contributed by atoms with Crippen LogP contribution in [0.25, 0.3) is 0 Å². The van der Waals surface area contributed by atoms with Gasteiger partial charge in [0.15, 0.2) is 0 Å². The van der Waals surface area contributed by atoms with Crippen LogP contribution in [0.3, 0.4) is 0 Å². The summed E-state index contributed by atoms with van der Waals surface area (Å²) in [6.07, 6.45) is 2.18. The summed E-state index contributed by atoms with van der Waals surface area (Å²) in [4.78, 5) is 2.49. The van der Waals surface area contributed by atoms with Crippen molar-refractivity contribution in [1.29, 1.82) is 0 Å². The van der Waals surface area contributed by atoms with Crippen LogP contribution >= 0.6 is 11.6 Å². The van der Waals surface area contributed by atoms with Gasteiger partial charge < -0.3 is 5.73 Å². The van der Waals surface area contributed by atoms with E-state index in [4.69, 9.17) is 17.3 Å². The lowest BCUT2D eigenvalue weighted by molar-refractivity contribution is 0.211. The molecule has 1 unspecified atom stereocenters. The SMILES string of the molecule is NCC(c1cccc(Cl)c1)N1CCc2ccccc2CC1. The van der Waals surface area contributed by atoms with Crippen LogP contribution in [0.5, 0.6) is 0 Å². The Kier molecular flexibility index (Phi) is 4.59. The van der Waals surface area contributed by atoms with Crippen molar-refractivity contribution in [2.45, 2.75) is 18.9 Å². The lowest BCUT2D eigenvalue weighted by Gasteiger charge is -2.30. The smallest absolute Gasteiger partial charge is 0.0471 e. The predicted molar refractivity (Wildman–Crippen MR) is 88.7 cm³/mol. The molecule has 0 saturated heterocycles. The van der Waals surface area contributed by atoms with Gasteiger partial charge in [-0.25, -0.2) is 0 Å². The Bertz CT molecular complexity index is 585. The summed E-state index contributed by atoms with van der Waals surface area (Å²) in [7, 11) is 0. The minimum absolute atomic E-state index is 0.248. The molecule has 2 aromatic carbocycles. The maximum absolute atomic E-state index is 6.13. The fourth-order valence-corrected chi connectivity index (χ4v) is 3.41. The Morgan fingerprint density at radius 1 is 1.00 bits per heavy atom. The summed E-state index contributed by atoms with van der Waals surface area (Å²) in [6.45, 7) is 2.72. The van der Waals surface area contributed by atoms with Gasteiger partial charge in [0.25, 0.3) is 0 Å². The Hall–Kier alpha value is -1.35. The van der Waals surface area contributed by atoms with Gasteiger partial charge in [0.05, 0.1) is 0 Å². The van der Waals surface area contributed by atoms with E-state index in [-0.39, 0.29) is 6.04 Å². The van der Waals surface area contributed by atoms with E-state index in [2.05, 4.69) is 35.2 Å². The molecule has 0 bridgehead atoms. The molecule has 3 heteroatoms. The lowest BCUT2D eigenvalue weighted by atomic mass is 10.0. The van der Waals surface area contributed by atoms with E-state index in [9.17, 15) is 0 Å². The first-order valence-electron chi connectivity index (χ1n) is 7.54. The summed E-state index contributed by atoms with van der Waals surface area (Å²) < 4.78 is 0. The normalized spacial score (nSPS) is 17.0.